The zero-order valence-corrected chi connectivity index (χ0v) is 13.7. The van der Waals surface area contributed by atoms with Crippen LogP contribution < -0.4 is 15.6 Å². The molecule has 0 radical (unpaired) electrons. The van der Waals surface area contributed by atoms with E-state index in [0.717, 1.165) is 5.69 Å². The number of rotatable bonds is 7. The van der Waals surface area contributed by atoms with Crippen LogP contribution in [-0.2, 0) is 17.8 Å². The Morgan fingerprint density at radius 3 is 2.88 bits per heavy atom. The van der Waals surface area contributed by atoms with E-state index < -0.39 is 11.9 Å². The van der Waals surface area contributed by atoms with Crippen molar-refractivity contribution in [1.29, 1.82) is 0 Å². The Balaban J connectivity index is 1.83. The lowest BCUT2D eigenvalue weighted by molar-refractivity contribution is -0.127. The maximum absolute atomic E-state index is 13.1. The van der Waals surface area contributed by atoms with Crippen LogP contribution in [-0.4, -0.2) is 28.1 Å². The number of nitrogens with one attached hydrogen (secondary N) is 1. The third-order valence-corrected chi connectivity index (χ3v) is 3.43. The van der Waals surface area contributed by atoms with Crippen molar-refractivity contribution in [3.8, 4) is 5.75 Å². The highest BCUT2D eigenvalue weighted by atomic mass is 19.1. The number of hydrogen-bond acceptors (Lipinski definition) is 4. The smallest absolute Gasteiger partial charge is 0.260 e. The fraction of sp³-hybridized carbons (Fsp3) is 0.353. The van der Waals surface area contributed by atoms with Gasteiger partial charge in [-0.3, -0.25) is 14.2 Å². The predicted octanol–water partition coefficient (Wildman–Crippen LogP) is 1.53. The molecule has 2 rings (SSSR count). The highest BCUT2D eigenvalue weighted by Crippen LogP contribution is 2.13. The normalized spacial score (nSPS) is 11.8. The molecule has 0 saturated heterocycles. The van der Waals surface area contributed by atoms with Crippen LogP contribution in [0.25, 0.3) is 0 Å². The van der Waals surface area contributed by atoms with E-state index in [9.17, 15) is 14.0 Å². The van der Waals surface area contributed by atoms with Crippen LogP contribution in [0.2, 0.25) is 0 Å². The predicted molar refractivity (Wildman–Crippen MR) is 87.4 cm³/mol. The molecule has 0 aliphatic heterocycles. The summed E-state index contributed by atoms with van der Waals surface area (Å²) in [5.41, 5.74) is 0.581. The molecule has 7 heteroatoms. The molecule has 0 bridgehead atoms. The van der Waals surface area contributed by atoms with E-state index in [1.165, 1.54) is 35.2 Å². The van der Waals surface area contributed by atoms with E-state index in [2.05, 4.69) is 10.3 Å². The molecule has 0 aliphatic rings. The van der Waals surface area contributed by atoms with Crippen molar-refractivity contribution in [3.05, 3.63) is 58.5 Å². The van der Waals surface area contributed by atoms with Gasteiger partial charge in [-0.25, -0.2) is 9.37 Å². The minimum Gasteiger partial charge on any atom is -0.481 e. The number of nitrogens with zero attached hydrogens (tertiary/aromatic N) is 2. The van der Waals surface area contributed by atoms with Crippen LogP contribution in [0, 0.1) is 5.82 Å². The van der Waals surface area contributed by atoms with Gasteiger partial charge in [0, 0.05) is 30.9 Å². The third-order valence-electron chi connectivity index (χ3n) is 3.43. The Labute approximate surface area is 139 Å². The molecule has 1 aromatic heterocycles. The summed E-state index contributed by atoms with van der Waals surface area (Å²) < 4.78 is 19.9. The summed E-state index contributed by atoms with van der Waals surface area (Å²) >= 11 is 0. The molecule has 1 atom stereocenters. The number of carbonyl (C=O) groups is 1. The van der Waals surface area contributed by atoms with Crippen molar-refractivity contribution >= 4 is 5.91 Å². The van der Waals surface area contributed by atoms with Gasteiger partial charge in [0.25, 0.3) is 11.5 Å². The molecule has 24 heavy (non-hydrogen) atoms. The molecule has 1 unspecified atom stereocenters. The van der Waals surface area contributed by atoms with E-state index in [1.54, 1.807) is 13.0 Å². The zero-order chi connectivity index (χ0) is 17.5. The zero-order valence-electron chi connectivity index (χ0n) is 13.7. The topological polar surface area (TPSA) is 73.2 Å². The first kappa shape index (κ1) is 17.7. The fourth-order valence-electron chi connectivity index (χ4n) is 2.07. The number of benzene rings is 1. The Morgan fingerprint density at radius 1 is 1.42 bits per heavy atom. The van der Waals surface area contributed by atoms with Gasteiger partial charge in [-0.1, -0.05) is 13.0 Å². The lowest BCUT2D eigenvalue weighted by Gasteiger charge is -2.15. The molecule has 0 aliphatic carbocycles. The van der Waals surface area contributed by atoms with Gasteiger partial charge in [0.15, 0.2) is 6.10 Å². The Kier molecular flexibility index (Phi) is 6.06. The van der Waals surface area contributed by atoms with Gasteiger partial charge in [0.05, 0.1) is 6.33 Å². The second kappa shape index (κ2) is 8.24. The first-order valence-corrected chi connectivity index (χ1v) is 7.75. The highest BCUT2D eigenvalue weighted by molar-refractivity contribution is 5.80. The monoisotopic (exact) mass is 333 g/mol. The molecule has 1 heterocycles. The molecule has 0 fully saturated rings. The molecular weight excluding hydrogens is 313 g/mol. The Morgan fingerprint density at radius 2 is 2.21 bits per heavy atom. The van der Waals surface area contributed by atoms with Crippen molar-refractivity contribution in [1.82, 2.24) is 14.9 Å². The molecule has 0 spiro atoms. The largest absolute Gasteiger partial charge is 0.481 e. The average Bonchev–Trinajstić information content (AvgIpc) is 2.56. The maximum Gasteiger partial charge on any atom is 0.260 e. The van der Waals surface area contributed by atoms with Crippen molar-refractivity contribution in [3.63, 3.8) is 0 Å². The van der Waals surface area contributed by atoms with E-state index in [1.807, 2.05) is 6.92 Å². The van der Waals surface area contributed by atoms with Gasteiger partial charge in [-0.15, -0.1) is 0 Å². The molecular formula is C17H20FN3O3. The fourth-order valence-corrected chi connectivity index (χ4v) is 2.07. The molecule has 1 N–H and O–H groups in total. The van der Waals surface area contributed by atoms with Gasteiger partial charge in [0.1, 0.15) is 11.6 Å². The van der Waals surface area contributed by atoms with E-state index in [0.29, 0.717) is 13.0 Å². The number of carbonyl (C=O) groups excluding carboxylic acids is 1. The number of aryl methyl sites for hydroxylation is 1. The van der Waals surface area contributed by atoms with Crippen LogP contribution in [0.4, 0.5) is 4.39 Å². The lowest BCUT2D eigenvalue weighted by atomic mass is 10.3. The number of hydrogen-bond donors (Lipinski definition) is 1. The highest BCUT2D eigenvalue weighted by Gasteiger charge is 2.14. The van der Waals surface area contributed by atoms with E-state index in [-0.39, 0.29) is 23.8 Å². The number of ether oxygens (including phenoxy) is 1. The van der Waals surface area contributed by atoms with Crippen LogP contribution in [0.1, 0.15) is 19.5 Å². The molecule has 2 aromatic rings. The average molecular weight is 333 g/mol. The molecule has 0 saturated carbocycles. The summed E-state index contributed by atoms with van der Waals surface area (Å²) in [6.07, 6.45) is 1.39. The van der Waals surface area contributed by atoms with Crippen molar-refractivity contribution in [2.24, 2.45) is 0 Å². The summed E-state index contributed by atoms with van der Waals surface area (Å²) in [5, 5.41) is 2.68. The Hall–Kier alpha value is -2.70. The quantitative estimate of drug-likeness (QED) is 0.834. The van der Waals surface area contributed by atoms with Crippen molar-refractivity contribution in [2.45, 2.75) is 32.9 Å². The maximum atomic E-state index is 13.1. The van der Waals surface area contributed by atoms with Gasteiger partial charge in [-0.2, -0.15) is 0 Å². The first-order valence-electron chi connectivity index (χ1n) is 7.75. The summed E-state index contributed by atoms with van der Waals surface area (Å²) in [6.45, 7) is 4.08. The number of halogens is 1. The van der Waals surface area contributed by atoms with Crippen LogP contribution in [0.5, 0.6) is 5.75 Å². The summed E-state index contributed by atoms with van der Waals surface area (Å²) in [7, 11) is 0. The number of amides is 1. The third kappa shape index (κ3) is 4.91. The van der Waals surface area contributed by atoms with Gasteiger partial charge < -0.3 is 10.1 Å². The van der Waals surface area contributed by atoms with Crippen molar-refractivity contribution < 1.29 is 13.9 Å². The van der Waals surface area contributed by atoms with Crippen LogP contribution in [0.15, 0.2) is 41.5 Å². The van der Waals surface area contributed by atoms with Crippen LogP contribution in [0.3, 0.4) is 0 Å². The molecule has 128 valence electrons. The van der Waals surface area contributed by atoms with Gasteiger partial charge in [0.2, 0.25) is 0 Å². The van der Waals surface area contributed by atoms with E-state index in [4.69, 9.17) is 4.74 Å². The standard InChI is InChI=1S/C17H20FN3O3/c1-3-14-10-16(22)21(11-20-14)8-7-19-17(23)12(2)24-15-6-4-5-13(18)9-15/h4-6,9-12H,3,7-8H2,1-2H3,(H,19,23). The number of aromatic nitrogens is 2. The first-order chi connectivity index (χ1) is 11.5. The second-order valence-electron chi connectivity index (χ2n) is 5.27. The summed E-state index contributed by atoms with van der Waals surface area (Å²) in [4.78, 5) is 28.0. The molecule has 1 amide bonds. The summed E-state index contributed by atoms with van der Waals surface area (Å²) in [5.74, 6) is -0.485. The second-order valence-corrected chi connectivity index (χ2v) is 5.27. The van der Waals surface area contributed by atoms with E-state index >= 15 is 0 Å². The minimum absolute atomic E-state index is 0.153. The van der Waals surface area contributed by atoms with Gasteiger partial charge in [-0.05, 0) is 25.5 Å². The van der Waals surface area contributed by atoms with Crippen molar-refractivity contribution in [2.75, 3.05) is 6.54 Å². The summed E-state index contributed by atoms with van der Waals surface area (Å²) in [6, 6.07) is 7.08. The molecule has 1 aromatic carbocycles. The van der Waals surface area contributed by atoms with Crippen LogP contribution >= 0.6 is 0 Å². The SMILES string of the molecule is CCc1cc(=O)n(CCNC(=O)C(C)Oc2cccc(F)c2)cn1. The minimum atomic E-state index is -0.774. The lowest BCUT2D eigenvalue weighted by Crippen LogP contribution is -2.38. The Bertz CT molecular complexity index is 761. The van der Waals surface area contributed by atoms with Gasteiger partial charge >= 0.3 is 0 Å². The molecule has 6 nitrogen and oxygen atoms in total.